The zero-order chi connectivity index (χ0) is 9.97. The van der Waals surface area contributed by atoms with Gasteiger partial charge in [-0.3, -0.25) is 9.97 Å². The molecule has 0 aliphatic carbocycles. The molecule has 0 aromatic carbocycles. The summed E-state index contributed by atoms with van der Waals surface area (Å²) in [5.41, 5.74) is 1.22. The van der Waals surface area contributed by atoms with Gasteiger partial charge in [0.2, 0.25) is 0 Å². The number of pyridine rings is 2. The van der Waals surface area contributed by atoms with Crippen molar-refractivity contribution in [1.82, 2.24) is 9.97 Å². The Balaban J connectivity index is 0.00000112. The van der Waals surface area contributed by atoms with Crippen molar-refractivity contribution in [3.63, 3.8) is 0 Å². The number of halogens is 2. The summed E-state index contributed by atoms with van der Waals surface area (Å²) >= 11 is 11.9. The Morgan fingerprint density at radius 3 is 1.53 bits per heavy atom. The average Bonchev–Trinajstić information content (AvgIpc) is 2.20. The molecule has 2 aromatic rings. The second-order valence-electron chi connectivity index (χ2n) is 2.67. The van der Waals surface area contributed by atoms with Gasteiger partial charge in [0.15, 0.2) is 0 Å². The fourth-order valence-electron chi connectivity index (χ4n) is 1.12. The van der Waals surface area contributed by atoms with Crippen LogP contribution in [0.1, 0.15) is 0 Å². The maximum absolute atomic E-state index is 5.97. The second kappa shape index (κ2) is 5.58. The van der Waals surface area contributed by atoms with Crippen LogP contribution in [0.15, 0.2) is 36.7 Å². The van der Waals surface area contributed by atoms with Crippen molar-refractivity contribution in [2.24, 2.45) is 0 Å². The summed E-state index contributed by atoms with van der Waals surface area (Å²) in [5, 5.41) is 1.10. The van der Waals surface area contributed by atoms with Crippen LogP contribution >= 0.6 is 23.2 Å². The molecule has 0 saturated carbocycles. The van der Waals surface area contributed by atoms with E-state index in [-0.39, 0.29) is 20.4 Å². The van der Waals surface area contributed by atoms with E-state index >= 15 is 0 Å². The van der Waals surface area contributed by atoms with Crippen LogP contribution in [-0.2, 0) is 20.4 Å². The first kappa shape index (κ1) is 12.6. The average molecular weight is 331 g/mol. The summed E-state index contributed by atoms with van der Waals surface area (Å²) < 4.78 is 0. The molecule has 0 atom stereocenters. The Labute approximate surface area is 111 Å². The van der Waals surface area contributed by atoms with Crippen LogP contribution in [0.4, 0.5) is 0 Å². The van der Waals surface area contributed by atoms with Crippen molar-refractivity contribution in [1.29, 1.82) is 0 Å². The largest absolute Gasteiger partial charge is 0.253 e. The van der Waals surface area contributed by atoms with E-state index in [4.69, 9.17) is 23.2 Å². The summed E-state index contributed by atoms with van der Waals surface area (Å²) in [4.78, 5) is 8.26. The zero-order valence-corrected chi connectivity index (χ0v) is 10.5. The molecule has 80 valence electrons. The van der Waals surface area contributed by atoms with Crippen molar-refractivity contribution in [2.45, 2.75) is 0 Å². The summed E-state index contributed by atoms with van der Waals surface area (Å²) in [6, 6.07) is 7.05. The Bertz CT molecular complexity index is 419. The topological polar surface area (TPSA) is 25.8 Å². The van der Waals surface area contributed by atoms with Gasteiger partial charge in [-0.1, -0.05) is 23.2 Å². The third kappa shape index (κ3) is 2.77. The predicted octanol–water partition coefficient (Wildman–Crippen LogP) is 3.45. The fourth-order valence-corrected chi connectivity index (χ4v) is 1.54. The maximum Gasteiger partial charge on any atom is 0.109 e. The SMILES string of the molecule is Clc1cccnc1-c1ncccc1Cl.[Pd]. The maximum atomic E-state index is 5.97. The zero-order valence-electron chi connectivity index (χ0n) is 7.43. The van der Waals surface area contributed by atoms with Gasteiger partial charge in [-0.2, -0.15) is 0 Å². The van der Waals surface area contributed by atoms with Gasteiger partial charge in [0.1, 0.15) is 11.4 Å². The minimum atomic E-state index is 0. The summed E-state index contributed by atoms with van der Waals surface area (Å²) in [5.74, 6) is 0. The Hall–Kier alpha value is -0.458. The van der Waals surface area contributed by atoms with E-state index in [0.29, 0.717) is 21.4 Å². The minimum absolute atomic E-state index is 0. The Morgan fingerprint density at radius 2 is 1.20 bits per heavy atom. The van der Waals surface area contributed by atoms with Crippen molar-refractivity contribution in [3.8, 4) is 11.4 Å². The van der Waals surface area contributed by atoms with Crippen molar-refractivity contribution in [2.75, 3.05) is 0 Å². The molecular weight excluding hydrogens is 325 g/mol. The van der Waals surface area contributed by atoms with Gasteiger partial charge in [-0.05, 0) is 24.3 Å². The van der Waals surface area contributed by atoms with E-state index in [1.165, 1.54) is 0 Å². The number of nitrogens with zero attached hydrogens (tertiary/aromatic N) is 2. The van der Waals surface area contributed by atoms with Gasteiger partial charge in [-0.25, -0.2) is 0 Å². The van der Waals surface area contributed by atoms with E-state index in [9.17, 15) is 0 Å². The molecule has 2 heterocycles. The molecule has 15 heavy (non-hydrogen) atoms. The molecular formula is C10H6Cl2N2Pd. The third-order valence-electron chi connectivity index (χ3n) is 1.74. The molecule has 0 fully saturated rings. The number of hydrogen-bond acceptors (Lipinski definition) is 2. The van der Waals surface area contributed by atoms with Crippen LogP contribution in [0.3, 0.4) is 0 Å². The molecule has 2 aromatic heterocycles. The van der Waals surface area contributed by atoms with Gasteiger partial charge < -0.3 is 0 Å². The minimum Gasteiger partial charge on any atom is -0.253 e. The van der Waals surface area contributed by atoms with Gasteiger partial charge in [0.25, 0.3) is 0 Å². The standard InChI is InChI=1S/C10H6Cl2N2.Pd/c11-7-3-1-5-13-9(7)10-8(12)4-2-6-14-10;/h1-6H;. The molecule has 0 aliphatic rings. The van der Waals surface area contributed by atoms with Crippen molar-refractivity contribution in [3.05, 3.63) is 46.7 Å². The summed E-state index contributed by atoms with van der Waals surface area (Å²) in [7, 11) is 0. The molecule has 0 aliphatic heterocycles. The number of rotatable bonds is 1. The molecule has 0 N–H and O–H groups in total. The van der Waals surface area contributed by atoms with E-state index < -0.39 is 0 Å². The summed E-state index contributed by atoms with van der Waals surface area (Å²) in [6.45, 7) is 0. The number of hydrogen-bond donors (Lipinski definition) is 0. The Kier molecular flexibility index (Phi) is 4.69. The normalized spacial score (nSPS) is 9.47. The third-order valence-corrected chi connectivity index (χ3v) is 2.35. The van der Waals surface area contributed by atoms with Crippen LogP contribution in [0.5, 0.6) is 0 Å². The van der Waals surface area contributed by atoms with Gasteiger partial charge in [-0.15, -0.1) is 0 Å². The second-order valence-corrected chi connectivity index (χ2v) is 3.48. The predicted molar refractivity (Wildman–Crippen MR) is 57.5 cm³/mol. The molecule has 0 spiro atoms. The summed E-state index contributed by atoms with van der Waals surface area (Å²) in [6.07, 6.45) is 3.32. The molecule has 5 heteroatoms. The molecule has 2 rings (SSSR count). The van der Waals surface area contributed by atoms with Crippen molar-refractivity contribution >= 4 is 23.2 Å². The van der Waals surface area contributed by atoms with Gasteiger partial charge in [0.05, 0.1) is 10.0 Å². The van der Waals surface area contributed by atoms with Gasteiger partial charge >= 0.3 is 0 Å². The van der Waals surface area contributed by atoms with Crippen LogP contribution in [-0.4, -0.2) is 9.97 Å². The smallest absolute Gasteiger partial charge is 0.109 e. The number of aromatic nitrogens is 2. The van der Waals surface area contributed by atoms with E-state index in [1.54, 1.807) is 36.7 Å². The fraction of sp³-hybridized carbons (Fsp3) is 0. The van der Waals surface area contributed by atoms with Crippen LogP contribution in [0, 0.1) is 0 Å². The van der Waals surface area contributed by atoms with Crippen LogP contribution in [0.2, 0.25) is 10.0 Å². The molecule has 2 nitrogen and oxygen atoms in total. The van der Waals surface area contributed by atoms with Crippen LogP contribution in [0.25, 0.3) is 11.4 Å². The van der Waals surface area contributed by atoms with E-state index in [1.807, 2.05) is 0 Å². The van der Waals surface area contributed by atoms with Crippen molar-refractivity contribution < 1.29 is 20.4 Å². The molecule has 0 saturated heterocycles. The van der Waals surface area contributed by atoms with E-state index in [2.05, 4.69) is 9.97 Å². The Morgan fingerprint density at radius 1 is 0.800 bits per heavy atom. The monoisotopic (exact) mass is 330 g/mol. The quantitative estimate of drug-likeness (QED) is 0.748. The molecule has 0 radical (unpaired) electrons. The first-order chi connectivity index (χ1) is 6.79. The first-order valence-corrected chi connectivity index (χ1v) is 4.76. The first-order valence-electron chi connectivity index (χ1n) is 4.00. The van der Waals surface area contributed by atoms with Gasteiger partial charge in [0, 0.05) is 32.8 Å². The molecule has 0 amide bonds. The molecule has 0 unspecified atom stereocenters. The van der Waals surface area contributed by atoms with E-state index in [0.717, 1.165) is 0 Å². The van der Waals surface area contributed by atoms with Crippen LogP contribution < -0.4 is 0 Å². The molecule has 0 bridgehead atoms.